The van der Waals surface area contributed by atoms with Crippen LogP contribution < -0.4 is 11.1 Å². The van der Waals surface area contributed by atoms with E-state index in [-0.39, 0.29) is 17.9 Å². The van der Waals surface area contributed by atoms with Crippen LogP contribution in [-0.2, 0) is 0 Å². The van der Waals surface area contributed by atoms with Gasteiger partial charge in [-0.2, -0.15) is 9.38 Å². The van der Waals surface area contributed by atoms with E-state index in [2.05, 4.69) is 10.3 Å². The van der Waals surface area contributed by atoms with Gasteiger partial charge in [-0.05, 0) is 17.8 Å². The number of hydrogen-bond acceptors (Lipinski definition) is 6. The Morgan fingerprint density at radius 1 is 1.45 bits per heavy atom. The maximum Gasteiger partial charge on any atom is 0.372 e. The standard InChI is InChI=1S/C12H17N5O2S/c13-8-4-2-1-3-5-9(8)14-10-11(17(18)19)16-6-7-20-12(16)15-10/h6-9,14H,1-5,13H2. The third kappa shape index (κ3) is 2.36. The summed E-state index contributed by atoms with van der Waals surface area (Å²) in [6, 6.07) is 0.0812. The van der Waals surface area contributed by atoms with Crippen LogP contribution in [0.4, 0.5) is 11.6 Å². The quantitative estimate of drug-likeness (QED) is 0.514. The molecule has 0 spiro atoms. The average molecular weight is 295 g/mol. The van der Waals surface area contributed by atoms with Gasteiger partial charge in [0, 0.05) is 17.5 Å². The van der Waals surface area contributed by atoms with Gasteiger partial charge >= 0.3 is 5.82 Å². The van der Waals surface area contributed by atoms with E-state index in [1.165, 1.54) is 22.2 Å². The van der Waals surface area contributed by atoms with Gasteiger partial charge in [0.1, 0.15) is 6.20 Å². The van der Waals surface area contributed by atoms with Crippen molar-refractivity contribution in [2.75, 3.05) is 5.32 Å². The van der Waals surface area contributed by atoms with Gasteiger partial charge in [0.15, 0.2) is 0 Å². The van der Waals surface area contributed by atoms with Crippen LogP contribution >= 0.6 is 11.3 Å². The van der Waals surface area contributed by atoms with Crippen molar-refractivity contribution in [3.05, 3.63) is 21.7 Å². The lowest BCUT2D eigenvalue weighted by Crippen LogP contribution is -2.39. The number of rotatable bonds is 3. The van der Waals surface area contributed by atoms with Crippen LogP contribution in [0.2, 0.25) is 0 Å². The molecule has 8 heteroatoms. The molecule has 3 N–H and O–H groups in total. The number of nitrogens with two attached hydrogens (primary N) is 1. The first-order chi connectivity index (χ1) is 9.66. The lowest BCUT2D eigenvalue weighted by Gasteiger charge is -2.22. The zero-order valence-electron chi connectivity index (χ0n) is 11.0. The average Bonchev–Trinajstić information content (AvgIpc) is 2.89. The number of hydrogen-bond donors (Lipinski definition) is 2. The summed E-state index contributed by atoms with van der Waals surface area (Å²) in [5.74, 6) is 0.335. The van der Waals surface area contributed by atoms with Gasteiger partial charge in [0.25, 0.3) is 4.96 Å². The lowest BCUT2D eigenvalue weighted by atomic mass is 10.0. The van der Waals surface area contributed by atoms with Crippen molar-refractivity contribution in [2.24, 2.45) is 5.73 Å². The van der Waals surface area contributed by atoms with Gasteiger partial charge in [0.05, 0.1) is 0 Å². The molecule has 20 heavy (non-hydrogen) atoms. The monoisotopic (exact) mass is 295 g/mol. The molecule has 108 valence electrons. The van der Waals surface area contributed by atoms with E-state index in [4.69, 9.17) is 5.73 Å². The first kappa shape index (κ1) is 13.3. The summed E-state index contributed by atoms with van der Waals surface area (Å²) in [6.45, 7) is 0. The van der Waals surface area contributed by atoms with Crippen molar-refractivity contribution in [1.82, 2.24) is 9.38 Å². The third-order valence-electron chi connectivity index (χ3n) is 3.80. The van der Waals surface area contributed by atoms with Crippen molar-refractivity contribution in [2.45, 2.75) is 44.2 Å². The fraction of sp³-hybridized carbons (Fsp3) is 0.583. The van der Waals surface area contributed by atoms with Crippen LogP contribution in [0, 0.1) is 10.1 Å². The minimum Gasteiger partial charge on any atom is -0.359 e. The SMILES string of the molecule is NC1CCCCCC1Nc1nc2sccn2c1[N+](=O)[O-]. The summed E-state index contributed by atoms with van der Waals surface area (Å²) in [5.41, 5.74) is 6.16. The first-order valence-electron chi connectivity index (χ1n) is 6.79. The highest BCUT2D eigenvalue weighted by molar-refractivity contribution is 7.15. The second-order valence-electron chi connectivity index (χ2n) is 5.15. The van der Waals surface area contributed by atoms with E-state index >= 15 is 0 Å². The molecule has 0 radical (unpaired) electrons. The van der Waals surface area contributed by atoms with Gasteiger partial charge < -0.3 is 21.2 Å². The largest absolute Gasteiger partial charge is 0.372 e. The van der Waals surface area contributed by atoms with Crippen LogP contribution in [0.3, 0.4) is 0 Å². The minimum atomic E-state index is -0.392. The zero-order valence-corrected chi connectivity index (χ0v) is 11.8. The Balaban J connectivity index is 1.91. The van der Waals surface area contributed by atoms with E-state index in [1.807, 2.05) is 0 Å². The van der Waals surface area contributed by atoms with Crippen molar-refractivity contribution < 1.29 is 4.92 Å². The highest BCUT2D eigenvalue weighted by Gasteiger charge is 2.28. The third-order valence-corrected chi connectivity index (χ3v) is 4.56. The Bertz CT molecular complexity index is 622. The Hall–Kier alpha value is -1.67. The molecule has 1 fully saturated rings. The normalized spacial score (nSPS) is 23.6. The summed E-state index contributed by atoms with van der Waals surface area (Å²) >= 11 is 1.38. The Morgan fingerprint density at radius 3 is 3.05 bits per heavy atom. The van der Waals surface area contributed by atoms with Crippen LogP contribution in [0.5, 0.6) is 0 Å². The van der Waals surface area contributed by atoms with E-state index < -0.39 is 4.92 Å². The molecule has 0 saturated heterocycles. The molecule has 1 saturated carbocycles. The van der Waals surface area contributed by atoms with E-state index in [0.717, 1.165) is 25.7 Å². The number of nitrogens with one attached hydrogen (secondary N) is 1. The summed E-state index contributed by atoms with van der Waals surface area (Å²) in [7, 11) is 0. The molecule has 2 aromatic heterocycles. The number of nitro groups is 1. The Kier molecular flexibility index (Phi) is 3.58. The van der Waals surface area contributed by atoms with Crippen LogP contribution in [-0.4, -0.2) is 26.4 Å². The van der Waals surface area contributed by atoms with Crippen molar-refractivity contribution in [3.8, 4) is 0 Å². The molecule has 0 aliphatic heterocycles. The molecule has 1 aliphatic carbocycles. The van der Waals surface area contributed by atoms with E-state index in [1.54, 1.807) is 11.6 Å². The molecule has 2 unspecified atom stereocenters. The number of anilines is 1. The maximum absolute atomic E-state index is 11.3. The summed E-state index contributed by atoms with van der Waals surface area (Å²) in [4.78, 5) is 15.8. The number of nitrogens with zero attached hydrogens (tertiary/aromatic N) is 3. The van der Waals surface area contributed by atoms with E-state index in [9.17, 15) is 10.1 Å². The van der Waals surface area contributed by atoms with Gasteiger partial charge in [-0.1, -0.05) is 30.6 Å². The lowest BCUT2D eigenvalue weighted by molar-refractivity contribution is -0.389. The van der Waals surface area contributed by atoms with Gasteiger partial charge in [0.2, 0.25) is 5.82 Å². The van der Waals surface area contributed by atoms with Crippen molar-refractivity contribution >= 4 is 27.9 Å². The zero-order chi connectivity index (χ0) is 14.1. The molecule has 3 rings (SSSR count). The van der Waals surface area contributed by atoms with E-state index in [0.29, 0.717) is 10.8 Å². The predicted molar refractivity (Wildman–Crippen MR) is 78.2 cm³/mol. The van der Waals surface area contributed by atoms with Crippen LogP contribution in [0.25, 0.3) is 4.96 Å². The second kappa shape index (κ2) is 5.37. The molecule has 0 aromatic carbocycles. The Morgan fingerprint density at radius 2 is 2.25 bits per heavy atom. The van der Waals surface area contributed by atoms with Crippen molar-refractivity contribution in [3.63, 3.8) is 0 Å². The highest BCUT2D eigenvalue weighted by atomic mass is 32.1. The topological polar surface area (TPSA) is 98.5 Å². The summed E-state index contributed by atoms with van der Waals surface area (Å²) in [5, 5.41) is 16.3. The second-order valence-corrected chi connectivity index (χ2v) is 6.02. The highest BCUT2D eigenvalue weighted by Crippen LogP contribution is 2.30. The molecule has 7 nitrogen and oxygen atoms in total. The molecular formula is C12H17N5O2S. The number of thiazole rings is 1. The smallest absolute Gasteiger partial charge is 0.359 e. The molecular weight excluding hydrogens is 278 g/mol. The predicted octanol–water partition coefficient (Wildman–Crippen LogP) is 2.38. The fourth-order valence-electron chi connectivity index (χ4n) is 2.74. The maximum atomic E-state index is 11.3. The molecule has 2 heterocycles. The molecule has 2 aromatic rings. The molecule has 1 aliphatic rings. The molecule has 2 atom stereocenters. The van der Waals surface area contributed by atoms with Gasteiger partial charge in [-0.15, -0.1) is 0 Å². The summed E-state index contributed by atoms with van der Waals surface area (Å²) in [6.07, 6.45) is 6.95. The first-order valence-corrected chi connectivity index (χ1v) is 7.67. The number of fused-ring (bicyclic) bond motifs is 1. The van der Waals surface area contributed by atoms with Crippen molar-refractivity contribution in [1.29, 1.82) is 0 Å². The van der Waals surface area contributed by atoms with Gasteiger partial charge in [-0.3, -0.25) is 0 Å². The van der Waals surface area contributed by atoms with Crippen LogP contribution in [0.1, 0.15) is 32.1 Å². The summed E-state index contributed by atoms with van der Waals surface area (Å²) < 4.78 is 1.51. The fourth-order valence-corrected chi connectivity index (χ4v) is 3.45. The molecule has 0 amide bonds. The van der Waals surface area contributed by atoms with Crippen LogP contribution in [0.15, 0.2) is 11.6 Å². The van der Waals surface area contributed by atoms with Gasteiger partial charge in [-0.25, -0.2) is 0 Å². The minimum absolute atomic E-state index is 0.00213. The Labute approximate surface area is 120 Å². The number of imidazole rings is 1. The number of aromatic nitrogens is 2. The molecule has 0 bridgehead atoms.